The number of nitrogens with zero attached hydrogens (tertiary/aromatic N) is 2. The van der Waals surface area contributed by atoms with Gasteiger partial charge in [0.15, 0.2) is 0 Å². The second kappa shape index (κ2) is 14.3. The first kappa shape index (κ1) is 36.3. The third kappa shape index (κ3) is 5.41. The number of hydrogen-bond donors (Lipinski definition) is 0. The molecular formula is C61H40N2O. The molecule has 10 aromatic carbocycles. The maximum absolute atomic E-state index is 6.56. The van der Waals surface area contributed by atoms with Crippen LogP contribution in [-0.2, 0) is 5.41 Å². The molecule has 0 bridgehead atoms. The largest absolute Gasteiger partial charge is 0.456 e. The number of furan rings is 1. The van der Waals surface area contributed by atoms with Crippen LogP contribution in [0.5, 0.6) is 0 Å². The fraction of sp³-hybridized carbons (Fsp3) is 0.0164. The van der Waals surface area contributed by atoms with E-state index in [9.17, 15) is 0 Å². The maximum atomic E-state index is 6.56. The van der Waals surface area contributed by atoms with Crippen molar-refractivity contribution in [1.82, 2.24) is 0 Å². The van der Waals surface area contributed by atoms with E-state index < -0.39 is 5.41 Å². The van der Waals surface area contributed by atoms with E-state index in [1.165, 1.54) is 61.4 Å². The average molecular weight is 817 g/mol. The molecule has 1 spiro atoms. The summed E-state index contributed by atoms with van der Waals surface area (Å²) in [6.45, 7) is 0. The lowest BCUT2D eigenvalue weighted by molar-refractivity contribution is 0.669. The van der Waals surface area contributed by atoms with Crippen LogP contribution in [-0.4, -0.2) is 0 Å². The van der Waals surface area contributed by atoms with Crippen LogP contribution < -0.4 is 9.80 Å². The van der Waals surface area contributed by atoms with E-state index >= 15 is 0 Å². The molecular weight excluding hydrogens is 777 g/mol. The van der Waals surface area contributed by atoms with Crippen molar-refractivity contribution in [3.63, 3.8) is 0 Å². The molecule has 1 aromatic heterocycles. The van der Waals surface area contributed by atoms with Crippen molar-refractivity contribution in [2.24, 2.45) is 0 Å². The first-order chi connectivity index (χ1) is 31.7. The van der Waals surface area contributed by atoms with Gasteiger partial charge in [-0.2, -0.15) is 0 Å². The summed E-state index contributed by atoms with van der Waals surface area (Å²) in [4.78, 5) is 4.76. The standard InChI is InChI=1S/C61H40N2O/c1-4-16-41(17-5-1)42-28-32-47(33-29-42)62(45-18-6-2-7-19-45)48-34-37-60-52(40-48)51-38-43(31-36-59(51)64-60)44-30-35-50-49-22-10-11-23-53(49)61(56(50)39-44)54-24-12-14-26-57(54)63(46-20-8-3-9-21-46)58-27-15-13-25-55(58)61/h1-40H. The number of para-hydroxylation sites is 4. The fourth-order valence-electron chi connectivity index (χ4n) is 10.7. The molecule has 64 heavy (non-hydrogen) atoms. The molecule has 13 rings (SSSR count). The van der Waals surface area contributed by atoms with Crippen LogP contribution in [0.3, 0.4) is 0 Å². The summed E-state index contributed by atoms with van der Waals surface area (Å²) in [5, 5.41) is 2.17. The number of hydrogen-bond acceptors (Lipinski definition) is 3. The van der Waals surface area contributed by atoms with Gasteiger partial charge in [0.1, 0.15) is 11.2 Å². The van der Waals surface area contributed by atoms with E-state index in [1.807, 2.05) is 0 Å². The molecule has 1 aliphatic carbocycles. The molecule has 3 heteroatoms. The van der Waals surface area contributed by atoms with Crippen LogP contribution in [0.4, 0.5) is 34.1 Å². The molecule has 0 atom stereocenters. The summed E-state index contributed by atoms with van der Waals surface area (Å²) in [5.41, 5.74) is 20.4. The highest BCUT2D eigenvalue weighted by Gasteiger charge is 2.51. The van der Waals surface area contributed by atoms with E-state index in [4.69, 9.17) is 4.42 Å². The SMILES string of the molecule is c1ccc(-c2ccc(N(c3ccccc3)c3ccc4oc5ccc(-c6ccc7c(c6)C6(c8ccccc8-7)c7ccccc7N(c7ccccc7)c7ccccc76)cc5c4c3)cc2)cc1. The van der Waals surface area contributed by atoms with Gasteiger partial charge in [-0.25, -0.2) is 0 Å². The zero-order chi connectivity index (χ0) is 42.2. The molecule has 0 N–H and O–H groups in total. The first-order valence-corrected chi connectivity index (χ1v) is 22.0. The Balaban J connectivity index is 0.966. The van der Waals surface area contributed by atoms with Gasteiger partial charge >= 0.3 is 0 Å². The van der Waals surface area contributed by atoms with Gasteiger partial charge in [0.2, 0.25) is 0 Å². The van der Waals surface area contributed by atoms with Crippen molar-refractivity contribution >= 4 is 56.1 Å². The summed E-state index contributed by atoms with van der Waals surface area (Å²) >= 11 is 0. The second-order valence-corrected chi connectivity index (χ2v) is 16.8. The zero-order valence-electron chi connectivity index (χ0n) is 34.9. The van der Waals surface area contributed by atoms with Crippen LogP contribution in [0.15, 0.2) is 247 Å². The van der Waals surface area contributed by atoms with Crippen molar-refractivity contribution in [2.75, 3.05) is 9.80 Å². The lowest BCUT2D eigenvalue weighted by atomic mass is 9.64. The molecule has 1 aliphatic heterocycles. The van der Waals surface area contributed by atoms with E-state index in [0.717, 1.165) is 50.3 Å². The van der Waals surface area contributed by atoms with Gasteiger partial charge in [0.05, 0.1) is 16.8 Å². The molecule has 0 fully saturated rings. The third-order valence-corrected chi connectivity index (χ3v) is 13.4. The minimum absolute atomic E-state index is 0.526. The van der Waals surface area contributed by atoms with Crippen LogP contribution in [0, 0.1) is 0 Å². The third-order valence-electron chi connectivity index (χ3n) is 13.4. The first-order valence-electron chi connectivity index (χ1n) is 22.0. The molecule has 0 amide bonds. The van der Waals surface area contributed by atoms with Crippen LogP contribution >= 0.6 is 0 Å². The lowest BCUT2D eigenvalue weighted by Gasteiger charge is -2.45. The predicted octanol–water partition coefficient (Wildman–Crippen LogP) is 16.5. The quantitative estimate of drug-likeness (QED) is 0.167. The Hall–Kier alpha value is -8.40. The number of rotatable bonds is 6. The molecule has 0 saturated carbocycles. The number of anilines is 6. The number of fused-ring (bicyclic) bond motifs is 12. The van der Waals surface area contributed by atoms with Crippen molar-refractivity contribution in [3.8, 4) is 33.4 Å². The van der Waals surface area contributed by atoms with Crippen LogP contribution in [0.25, 0.3) is 55.3 Å². The highest BCUT2D eigenvalue weighted by Crippen LogP contribution is 2.63. The van der Waals surface area contributed by atoms with Crippen molar-refractivity contribution in [3.05, 3.63) is 265 Å². The summed E-state index contributed by atoms with van der Waals surface area (Å²) in [6.07, 6.45) is 0. The normalized spacial score (nSPS) is 13.1. The smallest absolute Gasteiger partial charge is 0.135 e. The second-order valence-electron chi connectivity index (χ2n) is 16.8. The Morgan fingerprint density at radius 2 is 0.812 bits per heavy atom. The van der Waals surface area contributed by atoms with E-state index in [-0.39, 0.29) is 0 Å². The van der Waals surface area contributed by atoms with Gasteiger partial charge < -0.3 is 14.2 Å². The average Bonchev–Trinajstić information content (AvgIpc) is 3.88. The van der Waals surface area contributed by atoms with Crippen LogP contribution in [0.1, 0.15) is 22.3 Å². The monoisotopic (exact) mass is 816 g/mol. The lowest BCUT2D eigenvalue weighted by Crippen LogP contribution is -2.36. The van der Waals surface area contributed by atoms with Crippen LogP contribution in [0.2, 0.25) is 0 Å². The Labute approximate surface area is 372 Å². The topological polar surface area (TPSA) is 19.6 Å². The van der Waals surface area contributed by atoms with Crippen molar-refractivity contribution in [2.45, 2.75) is 5.41 Å². The molecule has 0 unspecified atom stereocenters. The molecule has 11 aromatic rings. The predicted molar refractivity (Wildman–Crippen MR) is 265 cm³/mol. The summed E-state index contributed by atoms with van der Waals surface area (Å²) in [5.74, 6) is 0. The summed E-state index contributed by atoms with van der Waals surface area (Å²) in [6, 6.07) is 88.2. The van der Waals surface area contributed by atoms with Gasteiger partial charge in [0.25, 0.3) is 0 Å². The number of benzene rings is 10. The highest BCUT2D eigenvalue weighted by atomic mass is 16.3. The Kier molecular flexibility index (Phi) is 8.13. The fourth-order valence-corrected chi connectivity index (χ4v) is 10.7. The van der Waals surface area contributed by atoms with Gasteiger partial charge in [-0.3, -0.25) is 0 Å². The molecule has 2 heterocycles. The van der Waals surface area contributed by atoms with E-state index in [2.05, 4.69) is 252 Å². The minimum atomic E-state index is -0.526. The molecule has 300 valence electrons. The van der Waals surface area contributed by atoms with E-state index in [0.29, 0.717) is 0 Å². The van der Waals surface area contributed by atoms with Gasteiger partial charge in [-0.1, -0.05) is 158 Å². The molecule has 3 nitrogen and oxygen atoms in total. The Bertz CT molecular complexity index is 3510. The van der Waals surface area contributed by atoms with Crippen molar-refractivity contribution in [1.29, 1.82) is 0 Å². The molecule has 0 saturated heterocycles. The van der Waals surface area contributed by atoms with Gasteiger partial charge in [-0.05, 0) is 141 Å². The Morgan fingerprint density at radius 3 is 1.53 bits per heavy atom. The summed E-state index contributed by atoms with van der Waals surface area (Å²) in [7, 11) is 0. The zero-order valence-corrected chi connectivity index (χ0v) is 34.9. The molecule has 0 radical (unpaired) electrons. The highest BCUT2D eigenvalue weighted by molar-refractivity contribution is 6.08. The Morgan fingerprint density at radius 1 is 0.328 bits per heavy atom. The maximum Gasteiger partial charge on any atom is 0.135 e. The van der Waals surface area contributed by atoms with Gasteiger partial charge in [0, 0.05) is 33.5 Å². The summed E-state index contributed by atoms with van der Waals surface area (Å²) < 4.78 is 6.56. The van der Waals surface area contributed by atoms with E-state index in [1.54, 1.807) is 0 Å². The minimum Gasteiger partial charge on any atom is -0.456 e. The van der Waals surface area contributed by atoms with Crippen molar-refractivity contribution < 1.29 is 4.42 Å². The molecule has 2 aliphatic rings. The van der Waals surface area contributed by atoms with Gasteiger partial charge in [-0.15, -0.1) is 0 Å².